The Morgan fingerprint density at radius 1 is 1.20 bits per heavy atom. The van der Waals surface area contributed by atoms with E-state index in [2.05, 4.69) is 31.8 Å². The van der Waals surface area contributed by atoms with Gasteiger partial charge >= 0.3 is 0 Å². The van der Waals surface area contributed by atoms with Gasteiger partial charge in [0.2, 0.25) is 5.88 Å². The van der Waals surface area contributed by atoms with Crippen molar-refractivity contribution in [2.75, 3.05) is 57.4 Å². The molecule has 2 atom stereocenters. The second kappa shape index (κ2) is 10.9. The van der Waals surface area contributed by atoms with Crippen molar-refractivity contribution in [2.45, 2.75) is 32.4 Å². The fraction of sp³-hybridized carbons (Fsp3) is 0.538. The van der Waals surface area contributed by atoms with Gasteiger partial charge in [0.1, 0.15) is 5.82 Å². The van der Waals surface area contributed by atoms with E-state index in [9.17, 15) is 9.50 Å². The van der Waals surface area contributed by atoms with E-state index in [4.69, 9.17) is 9.26 Å². The number of aromatic nitrogens is 2. The summed E-state index contributed by atoms with van der Waals surface area (Å²) >= 11 is 0. The van der Waals surface area contributed by atoms with Crippen LogP contribution in [0.5, 0.6) is 5.88 Å². The van der Waals surface area contributed by atoms with Crippen molar-refractivity contribution >= 4 is 16.8 Å². The number of pyridine rings is 1. The van der Waals surface area contributed by atoms with E-state index < -0.39 is 0 Å². The molecule has 3 aromatic rings. The summed E-state index contributed by atoms with van der Waals surface area (Å²) in [4.78, 5) is 11.6. The number of aliphatic hydroxyl groups excluding tert-OH is 1. The normalized spacial score (nSPS) is 21.0. The van der Waals surface area contributed by atoms with Crippen molar-refractivity contribution < 1.29 is 18.8 Å². The van der Waals surface area contributed by atoms with Gasteiger partial charge in [-0.1, -0.05) is 18.1 Å². The van der Waals surface area contributed by atoms with Gasteiger partial charge in [0.05, 0.1) is 24.3 Å². The molecule has 1 aromatic carbocycles. The smallest absolute Gasteiger partial charge is 0.213 e. The highest BCUT2D eigenvalue weighted by Gasteiger charge is 2.34. The molecule has 2 unspecified atom stereocenters. The van der Waals surface area contributed by atoms with Gasteiger partial charge in [-0.05, 0) is 43.7 Å². The van der Waals surface area contributed by atoms with Gasteiger partial charge in [0.25, 0.3) is 0 Å². The van der Waals surface area contributed by atoms with E-state index in [1.165, 1.54) is 12.1 Å². The lowest BCUT2D eigenvalue weighted by molar-refractivity contribution is 0.0716. The van der Waals surface area contributed by atoms with Crippen molar-refractivity contribution in [3.8, 4) is 5.88 Å². The Hall–Kier alpha value is -2.75. The van der Waals surface area contributed by atoms with Crippen LogP contribution in [0.1, 0.15) is 25.5 Å². The van der Waals surface area contributed by atoms with Crippen LogP contribution in [0.4, 0.5) is 10.2 Å². The fourth-order valence-corrected chi connectivity index (χ4v) is 5.26. The first-order valence-electron chi connectivity index (χ1n) is 12.6. The minimum atomic E-state index is -0.269. The number of piperidine rings is 1. The molecule has 2 aliphatic rings. The Morgan fingerprint density at radius 3 is 2.97 bits per heavy atom. The van der Waals surface area contributed by atoms with Crippen molar-refractivity contribution in [3.63, 3.8) is 0 Å². The van der Waals surface area contributed by atoms with Crippen molar-refractivity contribution in [1.29, 1.82) is 0 Å². The first kappa shape index (κ1) is 24.0. The summed E-state index contributed by atoms with van der Waals surface area (Å²) in [6.45, 7) is 8.76. The van der Waals surface area contributed by atoms with Gasteiger partial charge in [-0.25, -0.2) is 9.37 Å². The second-order valence-electron chi connectivity index (χ2n) is 9.56. The van der Waals surface area contributed by atoms with E-state index in [1.807, 2.05) is 18.2 Å². The maximum absolute atomic E-state index is 13.8. The van der Waals surface area contributed by atoms with Crippen molar-refractivity contribution in [3.05, 3.63) is 47.9 Å². The molecule has 0 spiro atoms. The van der Waals surface area contributed by atoms with Crippen LogP contribution in [0.3, 0.4) is 0 Å². The molecule has 2 aromatic heterocycles. The highest BCUT2D eigenvalue weighted by atomic mass is 19.1. The molecule has 8 nitrogen and oxygen atoms in total. The van der Waals surface area contributed by atoms with Crippen LogP contribution in [0.25, 0.3) is 11.0 Å². The lowest BCUT2D eigenvalue weighted by Crippen LogP contribution is -2.57. The van der Waals surface area contributed by atoms with E-state index >= 15 is 0 Å². The number of halogens is 1. The number of anilines is 1. The quantitative estimate of drug-likeness (QED) is 0.497. The molecule has 2 aliphatic heterocycles. The number of aliphatic hydroxyl groups is 1. The number of hydrogen-bond acceptors (Lipinski definition) is 8. The zero-order valence-corrected chi connectivity index (χ0v) is 20.3. The van der Waals surface area contributed by atoms with Crippen LogP contribution in [0.15, 0.2) is 40.9 Å². The zero-order valence-electron chi connectivity index (χ0n) is 20.3. The fourth-order valence-electron chi connectivity index (χ4n) is 5.26. The molecule has 1 N–H and O–H groups in total. The van der Waals surface area contributed by atoms with Crippen LogP contribution in [0.2, 0.25) is 0 Å². The number of hydrogen-bond donors (Lipinski definition) is 1. The summed E-state index contributed by atoms with van der Waals surface area (Å²) in [6.07, 6.45) is 2.19. The molecule has 0 radical (unpaired) electrons. The van der Waals surface area contributed by atoms with Crippen LogP contribution >= 0.6 is 0 Å². The molecule has 0 aliphatic carbocycles. The maximum atomic E-state index is 13.8. The number of benzene rings is 1. The lowest BCUT2D eigenvalue weighted by atomic mass is 9.91. The van der Waals surface area contributed by atoms with Gasteiger partial charge in [-0.3, -0.25) is 9.80 Å². The third kappa shape index (κ3) is 5.58. The third-order valence-electron chi connectivity index (χ3n) is 7.22. The Labute approximate surface area is 205 Å². The lowest BCUT2D eigenvalue weighted by Gasteiger charge is -2.46. The van der Waals surface area contributed by atoms with Crippen molar-refractivity contribution in [2.24, 2.45) is 5.92 Å². The third-order valence-corrected chi connectivity index (χ3v) is 7.22. The number of fused-ring (bicyclic) bond motifs is 2. The molecular weight excluding hydrogens is 449 g/mol. The topological polar surface area (TPSA) is 78.1 Å². The van der Waals surface area contributed by atoms with Gasteiger partial charge in [0, 0.05) is 57.3 Å². The number of ether oxygens (including phenoxy) is 1. The van der Waals surface area contributed by atoms with E-state index in [-0.39, 0.29) is 12.4 Å². The molecule has 35 heavy (non-hydrogen) atoms. The predicted molar refractivity (Wildman–Crippen MR) is 132 cm³/mol. The van der Waals surface area contributed by atoms with Crippen LogP contribution in [-0.4, -0.2) is 83.6 Å². The van der Waals surface area contributed by atoms with Gasteiger partial charge in [0.15, 0.2) is 11.4 Å². The molecule has 188 valence electrons. The molecule has 0 amide bonds. The van der Waals surface area contributed by atoms with Crippen LogP contribution < -0.4 is 9.64 Å². The molecule has 2 saturated heterocycles. The number of nitrogens with zero attached hydrogens (tertiary/aromatic N) is 5. The molecule has 4 heterocycles. The summed E-state index contributed by atoms with van der Waals surface area (Å²) in [7, 11) is 0. The van der Waals surface area contributed by atoms with Gasteiger partial charge < -0.3 is 19.3 Å². The number of likely N-dealkylation sites (N-methyl/N-ethyl adjacent to an activating group) is 1. The maximum Gasteiger partial charge on any atom is 0.213 e. The van der Waals surface area contributed by atoms with Crippen LogP contribution in [0, 0.1) is 11.7 Å². The van der Waals surface area contributed by atoms with E-state index in [1.54, 1.807) is 6.07 Å². The first-order valence-corrected chi connectivity index (χ1v) is 12.6. The largest absolute Gasteiger partial charge is 0.477 e. The Balaban J connectivity index is 1.14. The highest BCUT2D eigenvalue weighted by molar-refractivity contribution is 5.88. The summed E-state index contributed by atoms with van der Waals surface area (Å²) < 4.78 is 25.3. The molecular formula is C26H34FN5O3. The highest BCUT2D eigenvalue weighted by Crippen LogP contribution is 2.31. The van der Waals surface area contributed by atoms with Gasteiger partial charge in [-0.2, -0.15) is 0 Å². The van der Waals surface area contributed by atoms with Crippen molar-refractivity contribution in [1.82, 2.24) is 19.9 Å². The summed E-state index contributed by atoms with van der Waals surface area (Å²) in [6, 6.07) is 10.9. The zero-order chi connectivity index (χ0) is 24.2. The molecule has 0 bridgehead atoms. The summed E-state index contributed by atoms with van der Waals surface area (Å²) in [5.41, 5.74) is 1.58. The minimum Gasteiger partial charge on any atom is -0.477 e. The van der Waals surface area contributed by atoms with E-state index in [0.717, 1.165) is 62.5 Å². The number of piperazine rings is 1. The minimum absolute atomic E-state index is 0.148. The summed E-state index contributed by atoms with van der Waals surface area (Å²) in [5, 5.41) is 14.2. The SMILES string of the molecule is CCN(CCO)Cc1cccc(OCC2CCC3CN(c4noc5ccc(F)cc45)CCN3C2)n1. The Kier molecular flexibility index (Phi) is 7.46. The van der Waals surface area contributed by atoms with Crippen LogP contribution in [-0.2, 0) is 6.54 Å². The monoisotopic (exact) mass is 483 g/mol. The average Bonchev–Trinajstić information content (AvgIpc) is 3.30. The van der Waals surface area contributed by atoms with Gasteiger partial charge in [-0.15, -0.1) is 0 Å². The second-order valence-corrected chi connectivity index (χ2v) is 9.56. The molecule has 5 rings (SSSR count). The molecule has 0 saturated carbocycles. The Morgan fingerprint density at radius 2 is 2.11 bits per heavy atom. The number of rotatable bonds is 9. The predicted octanol–water partition coefficient (Wildman–Crippen LogP) is 3.16. The first-order chi connectivity index (χ1) is 17.1. The average molecular weight is 484 g/mol. The standard InChI is InChI=1S/C26H34FN5O3/c1-2-30(12-13-33)16-21-4-3-5-25(28-21)34-18-19-6-8-22-17-32(11-10-31(22)15-19)26-23-14-20(27)7-9-24(23)35-29-26/h3-5,7,9,14,19,22,33H,2,6,8,10-13,15-18H2,1H3. The Bertz CT molecular complexity index is 1130. The molecule has 2 fully saturated rings. The molecule has 9 heteroatoms. The van der Waals surface area contributed by atoms with E-state index in [0.29, 0.717) is 43.1 Å². The summed E-state index contributed by atoms with van der Waals surface area (Å²) in [5.74, 6) is 1.61.